The Balaban J connectivity index is -0.000000129. The Morgan fingerprint density at radius 1 is 1.23 bits per heavy atom. The average Bonchev–Trinajstić information content (AvgIpc) is 3.03. The van der Waals surface area contributed by atoms with Gasteiger partial charge < -0.3 is 14.9 Å². The van der Waals surface area contributed by atoms with Gasteiger partial charge in [-0.25, -0.2) is 12.2 Å². The Labute approximate surface area is 178 Å². The van der Waals surface area contributed by atoms with Crippen molar-refractivity contribution < 1.29 is 23.3 Å². The molecule has 0 aliphatic heterocycles. The van der Waals surface area contributed by atoms with Crippen LogP contribution in [0.15, 0.2) is 48.6 Å². The number of rotatable bonds is 0. The van der Waals surface area contributed by atoms with Crippen molar-refractivity contribution in [2.45, 2.75) is 13.3 Å². The molecule has 0 amide bonds. The van der Waals surface area contributed by atoms with Gasteiger partial charge >= 0.3 is 30.2 Å². The molecule has 0 nitrogen and oxygen atoms in total. The van der Waals surface area contributed by atoms with Gasteiger partial charge in [-0.05, 0) is 3.57 Å². The number of aryl methyl sites for hydroxylation is 1. The molecule has 2 radical (unpaired) electrons. The first-order valence-corrected chi connectivity index (χ1v) is 10.8. The predicted octanol–water partition coefficient (Wildman–Crippen LogP) is 6.14. The monoisotopic (exact) mass is 540 g/mol. The standard InChI is InChI=1S/C10H8I.C5H5.2CH3.2ClH.Si.Zr/c1-7-5-8-3-2-4-10(11)9(8)6-7;1-2-4-5-3-1;;;;;;/h2-6H,1H3;1-3H,4H2;2*1H3;2*1H;;/q4*-1;;;;. The molecule has 1 aliphatic rings. The Kier molecular flexibility index (Phi) is 25.1. The Bertz CT molecular complexity index is 555. The van der Waals surface area contributed by atoms with E-state index in [0.29, 0.717) is 0 Å². The van der Waals surface area contributed by atoms with Gasteiger partial charge in [0.05, 0.1) is 0 Å². The van der Waals surface area contributed by atoms with E-state index in [-0.39, 0.29) is 39.7 Å². The third kappa shape index (κ3) is 10.5. The van der Waals surface area contributed by atoms with Crippen LogP contribution in [0.1, 0.15) is 12.0 Å². The summed E-state index contributed by atoms with van der Waals surface area (Å²) < 4.78 is 1.34. The molecular weight excluding hydrogens is 521 g/mol. The van der Waals surface area contributed by atoms with Crippen LogP contribution in [0.5, 0.6) is 0 Å². The number of fused-ring (bicyclic) bond motifs is 1. The first-order chi connectivity index (χ1) is 8.77. The van der Waals surface area contributed by atoms with Crippen molar-refractivity contribution in [1.82, 2.24) is 0 Å². The molecule has 1 aliphatic carbocycles. The number of hydrogen-bond donors (Lipinski definition) is 0. The molecule has 3 rings (SSSR count). The van der Waals surface area contributed by atoms with E-state index in [2.05, 4.69) is 78.9 Å². The first-order valence-electron chi connectivity index (χ1n) is 5.55. The topological polar surface area (TPSA) is 0 Å². The molecule has 0 atom stereocenters. The van der Waals surface area contributed by atoms with Gasteiger partial charge in [-0.3, -0.25) is 6.08 Å². The fraction of sp³-hybridized carbons (Fsp3) is 0.118. The Morgan fingerprint density at radius 3 is 2.27 bits per heavy atom. The quantitative estimate of drug-likeness (QED) is 0.213. The third-order valence-corrected chi connectivity index (χ3v) is 3.37. The molecule has 0 N–H and O–H groups in total. The molecule has 0 aromatic heterocycles. The molecule has 0 spiro atoms. The normalized spacial score (nSPS) is 9.50. The number of allylic oxidation sites excluding steroid dienone is 4. The molecule has 0 heterocycles. The van der Waals surface area contributed by atoms with Crippen LogP contribution in [-0.2, 0) is 23.3 Å². The molecular formula is C17H21Cl2ISiZr-4. The number of hydrogen-bond acceptors (Lipinski definition) is 0. The molecule has 2 aromatic rings. The van der Waals surface area contributed by atoms with Crippen molar-refractivity contribution in [3.05, 3.63) is 78.6 Å². The summed E-state index contributed by atoms with van der Waals surface area (Å²) >= 11 is 3.73. The molecule has 22 heavy (non-hydrogen) atoms. The van der Waals surface area contributed by atoms with Gasteiger partial charge in [-0.2, -0.15) is 12.1 Å². The van der Waals surface area contributed by atoms with Crippen LogP contribution in [0.2, 0.25) is 0 Å². The second kappa shape index (κ2) is 18.1. The molecule has 2 aromatic carbocycles. The van der Waals surface area contributed by atoms with Crippen molar-refractivity contribution >= 4 is 65.1 Å². The van der Waals surface area contributed by atoms with Crippen molar-refractivity contribution in [3.8, 4) is 0 Å². The summed E-state index contributed by atoms with van der Waals surface area (Å²) in [6, 6.07) is 10.9. The van der Waals surface area contributed by atoms with Crippen molar-refractivity contribution in [2.24, 2.45) is 0 Å². The van der Waals surface area contributed by atoms with E-state index in [4.69, 9.17) is 0 Å². The zero-order valence-electron chi connectivity index (χ0n) is 13.0. The number of benzene rings is 1. The van der Waals surface area contributed by atoms with E-state index in [1.54, 1.807) is 0 Å². The maximum atomic E-state index is 3.06. The number of halogens is 3. The molecule has 0 saturated carbocycles. The third-order valence-electron chi connectivity index (χ3n) is 2.43. The average molecular weight is 542 g/mol. The van der Waals surface area contributed by atoms with Crippen LogP contribution in [0.4, 0.5) is 0 Å². The van der Waals surface area contributed by atoms with Gasteiger partial charge in [0.2, 0.25) is 0 Å². The minimum atomic E-state index is 0. The Morgan fingerprint density at radius 2 is 1.86 bits per heavy atom. The van der Waals surface area contributed by atoms with Crippen molar-refractivity contribution in [2.75, 3.05) is 0 Å². The van der Waals surface area contributed by atoms with Crippen molar-refractivity contribution in [3.63, 3.8) is 0 Å². The van der Waals surface area contributed by atoms with Crippen LogP contribution in [0.25, 0.3) is 10.8 Å². The second-order valence-corrected chi connectivity index (χ2v) is 4.94. The van der Waals surface area contributed by atoms with E-state index in [9.17, 15) is 0 Å². The van der Waals surface area contributed by atoms with Gasteiger partial charge in [0.25, 0.3) is 0 Å². The van der Waals surface area contributed by atoms with E-state index in [0.717, 1.165) is 6.42 Å². The van der Waals surface area contributed by atoms with Crippen LogP contribution in [-0.4, -0.2) is 6.88 Å². The minimum absolute atomic E-state index is 0. The maximum absolute atomic E-state index is 3.06. The fourth-order valence-corrected chi connectivity index (χ4v) is 2.36. The van der Waals surface area contributed by atoms with E-state index in [1.165, 1.54) is 43.2 Å². The molecule has 122 valence electrons. The molecule has 0 saturated heterocycles. The second-order valence-electron chi connectivity index (χ2n) is 3.78. The zero-order valence-corrected chi connectivity index (χ0v) is 20.3. The molecule has 5 heteroatoms. The van der Waals surface area contributed by atoms with Crippen LogP contribution in [0.3, 0.4) is 0 Å². The fourth-order valence-electron chi connectivity index (χ4n) is 1.69. The summed E-state index contributed by atoms with van der Waals surface area (Å²) in [5, 5.41) is 2.74. The summed E-state index contributed by atoms with van der Waals surface area (Å²) in [5.41, 5.74) is 1.35. The summed E-state index contributed by atoms with van der Waals surface area (Å²) in [7, 11) is 0. The van der Waals surface area contributed by atoms with Crippen LogP contribution in [0, 0.1) is 31.4 Å². The Hall–Kier alpha value is 0.720. The van der Waals surface area contributed by atoms with E-state index >= 15 is 0 Å². The summed E-state index contributed by atoms with van der Waals surface area (Å²) in [5.74, 6) is 0. The predicted molar refractivity (Wildman–Crippen MR) is 112 cm³/mol. The molecule has 0 fully saturated rings. The summed E-state index contributed by atoms with van der Waals surface area (Å²) in [6.45, 7) is 5.20. The molecule has 0 unspecified atom stereocenters. The SMILES string of the molecule is Cc1cc2c(I)cccc2[cH-]1.Cl.Cl.[C-]1=CC=CC1.[CH3-].[CH3-].[Si]=[Zr]. The summed E-state index contributed by atoms with van der Waals surface area (Å²) in [4.78, 5) is 0. The molecule has 0 bridgehead atoms. The van der Waals surface area contributed by atoms with Gasteiger partial charge in [0.15, 0.2) is 0 Å². The van der Waals surface area contributed by atoms with Crippen LogP contribution >= 0.6 is 47.4 Å². The first kappa shape index (κ1) is 30.6. The van der Waals surface area contributed by atoms with Gasteiger partial charge in [0, 0.05) is 0 Å². The summed E-state index contributed by atoms with van der Waals surface area (Å²) in [6.07, 6.45) is 10.0. The van der Waals surface area contributed by atoms with Gasteiger partial charge in [-0.1, -0.05) is 35.6 Å². The van der Waals surface area contributed by atoms with Gasteiger partial charge in [0.1, 0.15) is 0 Å². The van der Waals surface area contributed by atoms with Crippen LogP contribution < -0.4 is 0 Å². The van der Waals surface area contributed by atoms with E-state index < -0.39 is 0 Å². The van der Waals surface area contributed by atoms with E-state index in [1.807, 2.05) is 12.2 Å². The zero-order chi connectivity index (χ0) is 13.4. The van der Waals surface area contributed by atoms with Gasteiger partial charge in [-0.15, -0.1) is 65.8 Å². The van der Waals surface area contributed by atoms with Crippen molar-refractivity contribution in [1.29, 1.82) is 0 Å².